The third kappa shape index (κ3) is 2.77. The van der Waals surface area contributed by atoms with Crippen LogP contribution in [0.4, 0.5) is 0 Å². The van der Waals surface area contributed by atoms with Crippen LogP contribution in [0.2, 0.25) is 5.09 Å². The zero-order valence-corrected chi connectivity index (χ0v) is 9.58. The molecule has 0 spiro atoms. The summed E-state index contributed by atoms with van der Waals surface area (Å²) in [6.45, 7) is 0. The van der Waals surface area contributed by atoms with E-state index >= 15 is 0 Å². The van der Waals surface area contributed by atoms with Crippen LogP contribution in [0.25, 0.3) is 0 Å². The van der Waals surface area contributed by atoms with E-state index in [2.05, 4.69) is 54.2 Å². The number of allylic oxidation sites excluding steroid dienone is 8. The molecular formula is C14H17Li. The Balaban J connectivity index is 2.02. The van der Waals surface area contributed by atoms with Crippen LogP contribution in [0.3, 0.4) is 0 Å². The summed E-state index contributed by atoms with van der Waals surface area (Å²) in [5.74, 6) is 0.718. The summed E-state index contributed by atoms with van der Waals surface area (Å²) in [4.78, 5) is 0. The second-order valence-electron chi connectivity index (χ2n) is 4.44. The molecule has 2 aliphatic rings. The molecule has 0 heterocycles. The van der Waals surface area contributed by atoms with Crippen molar-refractivity contribution in [2.75, 3.05) is 0 Å². The first kappa shape index (κ1) is 11.1. The Kier molecular flexibility index (Phi) is 4.12. The van der Waals surface area contributed by atoms with Crippen LogP contribution in [0.1, 0.15) is 25.7 Å². The number of rotatable bonds is 5. The minimum absolute atomic E-state index is 0.718. The van der Waals surface area contributed by atoms with E-state index in [4.69, 9.17) is 0 Å². The summed E-state index contributed by atoms with van der Waals surface area (Å²) in [6.07, 6.45) is 18.6. The Bertz CT molecular complexity index is 301. The molecule has 0 aromatic rings. The van der Waals surface area contributed by atoms with E-state index in [1.54, 1.807) is 11.1 Å². The van der Waals surface area contributed by atoms with E-state index in [9.17, 15) is 0 Å². The topological polar surface area (TPSA) is 0 Å². The first-order chi connectivity index (χ1) is 7.42. The van der Waals surface area contributed by atoms with E-state index < -0.39 is 0 Å². The standard InChI is InChI=1S/C14H17.Li/c1-2-7-14(12-8-3-4-9-12)13-10-5-6-11-13;/h3-6,8,10,14H,1-2,7,9,11H2;. The van der Waals surface area contributed by atoms with Gasteiger partial charge in [-0.1, -0.05) is 0 Å². The van der Waals surface area contributed by atoms with Crippen LogP contribution < -0.4 is 0 Å². The molecule has 0 amide bonds. The van der Waals surface area contributed by atoms with E-state index in [0.29, 0.717) is 0 Å². The second kappa shape index (κ2) is 5.59. The molecule has 0 nitrogen and oxygen atoms in total. The molecule has 0 fully saturated rings. The van der Waals surface area contributed by atoms with Crippen LogP contribution in [-0.4, -0.2) is 17.7 Å². The fraction of sp³-hybridized carbons (Fsp3) is 0.429. The molecule has 2 rings (SSSR count). The Morgan fingerprint density at radius 1 is 1.07 bits per heavy atom. The number of hydrogen-bond acceptors (Lipinski definition) is 0. The molecule has 0 radical (unpaired) electrons. The van der Waals surface area contributed by atoms with Gasteiger partial charge in [-0.05, 0) is 0 Å². The fourth-order valence-electron chi connectivity index (χ4n) is 2.46. The SMILES string of the molecule is [Li][CH2]CCC(C1=CC=CC1)C1=CC=CC1. The molecule has 0 aromatic carbocycles. The monoisotopic (exact) mass is 192 g/mol. The molecule has 15 heavy (non-hydrogen) atoms. The third-order valence-electron chi connectivity index (χ3n) is 3.34. The summed E-state index contributed by atoms with van der Waals surface area (Å²) in [5.41, 5.74) is 3.25. The van der Waals surface area contributed by atoms with Gasteiger partial charge in [0.05, 0.1) is 0 Å². The van der Waals surface area contributed by atoms with Crippen LogP contribution in [0.15, 0.2) is 47.6 Å². The van der Waals surface area contributed by atoms with Crippen molar-refractivity contribution >= 4 is 17.7 Å². The predicted molar refractivity (Wildman–Crippen MR) is 67.0 cm³/mol. The molecule has 0 unspecified atom stereocenters. The molecule has 74 valence electrons. The van der Waals surface area contributed by atoms with Gasteiger partial charge in [-0.3, -0.25) is 0 Å². The van der Waals surface area contributed by atoms with E-state index in [-0.39, 0.29) is 0 Å². The van der Waals surface area contributed by atoms with E-state index in [1.807, 2.05) is 0 Å². The summed E-state index contributed by atoms with van der Waals surface area (Å²) in [7, 11) is 0. The molecule has 0 atom stereocenters. The number of hydrogen-bond donors (Lipinski definition) is 0. The Morgan fingerprint density at radius 2 is 1.67 bits per heavy atom. The van der Waals surface area contributed by atoms with Gasteiger partial charge >= 0.3 is 102 Å². The van der Waals surface area contributed by atoms with Gasteiger partial charge in [0.1, 0.15) is 0 Å². The van der Waals surface area contributed by atoms with Crippen molar-refractivity contribution in [2.24, 2.45) is 5.92 Å². The van der Waals surface area contributed by atoms with Gasteiger partial charge in [0.25, 0.3) is 0 Å². The first-order valence-electron chi connectivity index (χ1n) is 6.13. The zero-order valence-electron chi connectivity index (χ0n) is 9.58. The fourth-order valence-corrected chi connectivity index (χ4v) is 2.46. The van der Waals surface area contributed by atoms with Crippen molar-refractivity contribution in [3.63, 3.8) is 0 Å². The quantitative estimate of drug-likeness (QED) is 0.582. The maximum atomic E-state index is 2.32. The van der Waals surface area contributed by atoms with E-state index in [0.717, 1.165) is 5.92 Å². The van der Waals surface area contributed by atoms with Gasteiger partial charge in [-0.2, -0.15) is 0 Å². The van der Waals surface area contributed by atoms with Crippen LogP contribution in [0, 0.1) is 5.92 Å². The van der Waals surface area contributed by atoms with Gasteiger partial charge in [0.2, 0.25) is 0 Å². The van der Waals surface area contributed by atoms with Crippen LogP contribution in [0.5, 0.6) is 0 Å². The summed E-state index contributed by atoms with van der Waals surface area (Å²) >= 11 is 2.28. The van der Waals surface area contributed by atoms with Crippen molar-refractivity contribution in [1.29, 1.82) is 0 Å². The first-order valence-corrected chi connectivity index (χ1v) is 6.13. The molecule has 0 bridgehead atoms. The van der Waals surface area contributed by atoms with Crippen molar-refractivity contribution < 1.29 is 0 Å². The molecule has 0 saturated carbocycles. The normalized spacial score (nSPS) is 18.9. The predicted octanol–water partition coefficient (Wildman–Crippen LogP) is 3.74. The van der Waals surface area contributed by atoms with Gasteiger partial charge in [-0.15, -0.1) is 0 Å². The van der Waals surface area contributed by atoms with E-state index in [1.165, 1.54) is 30.8 Å². The second-order valence-corrected chi connectivity index (χ2v) is 4.44. The molecule has 0 aliphatic heterocycles. The maximum absolute atomic E-state index is 2.32. The van der Waals surface area contributed by atoms with Gasteiger partial charge in [0, 0.05) is 0 Å². The summed E-state index contributed by atoms with van der Waals surface area (Å²) < 4.78 is 0. The van der Waals surface area contributed by atoms with Crippen LogP contribution in [-0.2, 0) is 0 Å². The van der Waals surface area contributed by atoms with Crippen molar-refractivity contribution in [3.8, 4) is 0 Å². The summed E-state index contributed by atoms with van der Waals surface area (Å²) in [6, 6.07) is 0. The van der Waals surface area contributed by atoms with Gasteiger partial charge < -0.3 is 0 Å². The van der Waals surface area contributed by atoms with Gasteiger partial charge in [-0.25, -0.2) is 0 Å². The Labute approximate surface area is 102 Å². The average Bonchev–Trinajstić information content (AvgIpc) is 2.90. The van der Waals surface area contributed by atoms with Crippen molar-refractivity contribution in [3.05, 3.63) is 47.6 Å². The Morgan fingerprint density at radius 3 is 2.07 bits per heavy atom. The molecule has 0 saturated heterocycles. The van der Waals surface area contributed by atoms with Gasteiger partial charge in [0.15, 0.2) is 0 Å². The third-order valence-corrected chi connectivity index (χ3v) is 3.34. The molecule has 0 aromatic heterocycles. The Hall–Kier alpha value is -0.443. The van der Waals surface area contributed by atoms with Crippen molar-refractivity contribution in [1.82, 2.24) is 0 Å². The molecule has 0 N–H and O–H groups in total. The molecule has 1 heteroatoms. The summed E-state index contributed by atoms with van der Waals surface area (Å²) in [5, 5.41) is 1.30. The van der Waals surface area contributed by atoms with Crippen LogP contribution >= 0.6 is 0 Å². The zero-order chi connectivity index (χ0) is 10.5. The average molecular weight is 192 g/mol. The molecule has 2 aliphatic carbocycles. The van der Waals surface area contributed by atoms with Crippen molar-refractivity contribution in [2.45, 2.75) is 30.8 Å². The minimum atomic E-state index is 0.718. The molecular weight excluding hydrogens is 175 g/mol.